The van der Waals surface area contributed by atoms with Gasteiger partial charge in [0.25, 0.3) is 10.9 Å². The third-order valence-corrected chi connectivity index (χ3v) is 4.15. The fraction of sp³-hybridized carbons (Fsp3) is 0.111. The number of hydrogen-bond acceptors (Lipinski definition) is 9. The highest BCUT2D eigenvalue weighted by atomic mass is 19.4. The van der Waals surface area contributed by atoms with E-state index in [1.807, 2.05) is 0 Å². The van der Waals surface area contributed by atoms with E-state index in [1.165, 1.54) is 30.9 Å². The van der Waals surface area contributed by atoms with Crippen LogP contribution < -0.4 is 21.5 Å². The minimum atomic E-state index is -4.84. The highest BCUT2D eigenvalue weighted by molar-refractivity contribution is 5.78. The average molecular weight is 434 g/mol. The number of nitrogens with one attached hydrogen (secondary N) is 2. The van der Waals surface area contributed by atoms with Crippen molar-refractivity contribution in [1.29, 1.82) is 0 Å². The molecule has 2 aromatic heterocycles. The molecule has 0 radical (unpaired) electrons. The Morgan fingerprint density at radius 2 is 1.74 bits per heavy atom. The zero-order valence-electron chi connectivity index (χ0n) is 15.2. The van der Waals surface area contributed by atoms with Gasteiger partial charge in [-0.3, -0.25) is 9.59 Å². The van der Waals surface area contributed by atoms with Crippen LogP contribution in [0.2, 0.25) is 0 Å². The molecule has 9 nitrogen and oxygen atoms in total. The second-order valence-electron chi connectivity index (χ2n) is 6.25. The van der Waals surface area contributed by atoms with Gasteiger partial charge in [-0.05, 0) is 17.7 Å². The van der Waals surface area contributed by atoms with Gasteiger partial charge in [0.05, 0.1) is 23.6 Å². The third-order valence-electron chi connectivity index (χ3n) is 4.15. The Balaban J connectivity index is 1.49. The van der Waals surface area contributed by atoms with Gasteiger partial charge >= 0.3 is 12.1 Å². The molecule has 0 aliphatic carbocycles. The quantitative estimate of drug-likeness (QED) is 0.348. The zero-order chi connectivity index (χ0) is 22.2. The summed E-state index contributed by atoms with van der Waals surface area (Å²) in [5.74, 6) is -3.03. The topological polar surface area (TPSA) is 123 Å². The molecule has 4 rings (SSSR count). The molecule has 2 aromatic carbocycles. The molecule has 0 fully saturated rings. The number of aromatic nitrogens is 4. The molecule has 4 aromatic rings. The van der Waals surface area contributed by atoms with Crippen molar-refractivity contribution in [3.8, 4) is 11.4 Å². The van der Waals surface area contributed by atoms with Crippen molar-refractivity contribution < 1.29 is 22.1 Å². The SMILES string of the molecule is O=c1c(NCc2ccc(-c3noc(C(F)(F)F)n3)c(F)c2)c(Nc2cncnc2)c1=O. The van der Waals surface area contributed by atoms with Gasteiger partial charge in [0.15, 0.2) is 0 Å². The van der Waals surface area contributed by atoms with Crippen LogP contribution in [0.1, 0.15) is 11.5 Å². The van der Waals surface area contributed by atoms with Gasteiger partial charge in [-0.1, -0.05) is 11.2 Å². The number of nitrogens with zero attached hydrogens (tertiary/aromatic N) is 4. The van der Waals surface area contributed by atoms with Crippen LogP contribution in [0.15, 0.2) is 51.0 Å². The van der Waals surface area contributed by atoms with Gasteiger partial charge in [0.1, 0.15) is 23.5 Å². The predicted molar refractivity (Wildman–Crippen MR) is 98.7 cm³/mol. The normalized spacial score (nSPS) is 11.6. The van der Waals surface area contributed by atoms with Crippen LogP contribution >= 0.6 is 0 Å². The highest BCUT2D eigenvalue weighted by Crippen LogP contribution is 2.30. The van der Waals surface area contributed by atoms with Crippen molar-refractivity contribution in [1.82, 2.24) is 20.1 Å². The summed E-state index contributed by atoms with van der Waals surface area (Å²) in [4.78, 5) is 34.3. The van der Waals surface area contributed by atoms with E-state index in [2.05, 4.69) is 35.3 Å². The highest BCUT2D eigenvalue weighted by Gasteiger charge is 2.38. The lowest BCUT2D eigenvalue weighted by Gasteiger charge is -2.14. The molecule has 0 spiro atoms. The first-order valence-electron chi connectivity index (χ1n) is 8.53. The average Bonchev–Trinajstić information content (AvgIpc) is 3.24. The molecule has 0 saturated carbocycles. The summed E-state index contributed by atoms with van der Waals surface area (Å²) >= 11 is 0. The molecular weight excluding hydrogens is 424 g/mol. The van der Waals surface area contributed by atoms with E-state index in [-0.39, 0.29) is 23.5 Å². The molecule has 0 unspecified atom stereocenters. The number of halogens is 4. The molecule has 13 heteroatoms. The zero-order valence-corrected chi connectivity index (χ0v) is 15.2. The van der Waals surface area contributed by atoms with Gasteiger partial charge in [-0.15, -0.1) is 0 Å². The van der Waals surface area contributed by atoms with Gasteiger partial charge in [-0.25, -0.2) is 14.4 Å². The summed E-state index contributed by atoms with van der Waals surface area (Å²) in [6.07, 6.45) is -0.735. The maximum Gasteiger partial charge on any atom is 0.471 e. The third kappa shape index (κ3) is 3.97. The summed E-state index contributed by atoms with van der Waals surface area (Å²) in [5.41, 5.74) is -0.999. The van der Waals surface area contributed by atoms with Crippen molar-refractivity contribution in [3.63, 3.8) is 0 Å². The van der Waals surface area contributed by atoms with Crippen molar-refractivity contribution in [2.75, 3.05) is 10.6 Å². The number of anilines is 3. The van der Waals surface area contributed by atoms with Gasteiger partial charge < -0.3 is 15.2 Å². The summed E-state index contributed by atoms with van der Waals surface area (Å²) < 4.78 is 56.1. The van der Waals surface area contributed by atoms with E-state index in [0.29, 0.717) is 11.3 Å². The largest absolute Gasteiger partial charge is 0.471 e. The second-order valence-corrected chi connectivity index (χ2v) is 6.25. The molecule has 0 saturated heterocycles. The monoisotopic (exact) mass is 434 g/mol. The summed E-state index contributed by atoms with van der Waals surface area (Å²) in [6, 6.07) is 3.62. The fourth-order valence-corrected chi connectivity index (χ4v) is 2.68. The molecule has 158 valence electrons. The minimum absolute atomic E-state index is 0.00586. The lowest BCUT2D eigenvalue weighted by Crippen LogP contribution is -2.36. The second kappa shape index (κ2) is 7.59. The summed E-state index contributed by atoms with van der Waals surface area (Å²) in [7, 11) is 0. The molecule has 2 N–H and O–H groups in total. The first-order chi connectivity index (χ1) is 14.7. The Morgan fingerprint density at radius 1 is 1.03 bits per heavy atom. The number of hydrogen-bond donors (Lipinski definition) is 2. The first kappa shape index (κ1) is 20.1. The fourth-order valence-electron chi connectivity index (χ4n) is 2.68. The lowest BCUT2D eigenvalue weighted by molar-refractivity contribution is -0.159. The van der Waals surface area contributed by atoms with Gasteiger partial charge in [0, 0.05) is 6.54 Å². The van der Waals surface area contributed by atoms with Crippen LogP contribution in [0.3, 0.4) is 0 Å². The van der Waals surface area contributed by atoms with Crippen LogP contribution in [0.4, 0.5) is 34.6 Å². The summed E-state index contributed by atoms with van der Waals surface area (Å²) in [5, 5.41) is 8.61. The molecule has 0 aliphatic rings. The van der Waals surface area contributed by atoms with Crippen LogP contribution in [0.5, 0.6) is 0 Å². The Morgan fingerprint density at radius 3 is 2.39 bits per heavy atom. The van der Waals surface area contributed by atoms with E-state index in [9.17, 15) is 27.2 Å². The Labute approximate surface area is 169 Å². The van der Waals surface area contributed by atoms with Crippen LogP contribution in [0.25, 0.3) is 11.4 Å². The number of benzene rings is 1. The maximum atomic E-state index is 14.4. The van der Waals surface area contributed by atoms with E-state index < -0.39 is 34.6 Å². The minimum Gasteiger partial charge on any atom is -0.376 e. The Hall–Kier alpha value is -4.16. The Bertz CT molecular complexity index is 1310. The van der Waals surface area contributed by atoms with E-state index in [0.717, 1.165) is 6.07 Å². The molecule has 2 heterocycles. The van der Waals surface area contributed by atoms with Gasteiger partial charge in [0.2, 0.25) is 5.82 Å². The van der Waals surface area contributed by atoms with Crippen molar-refractivity contribution in [3.05, 3.63) is 74.6 Å². The first-order valence-corrected chi connectivity index (χ1v) is 8.53. The molecule has 0 atom stereocenters. The van der Waals surface area contributed by atoms with Crippen LogP contribution in [-0.2, 0) is 12.7 Å². The van der Waals surface area contributed by atoms with Crippen LogP contribution in [-0.4, -0.2) is 20.1 Å². The molecule has 0 amide bonds. The van der Waals surface area contributed by atoms with Gasteiger partial charge in [-0.2, -0.15) is 18.2 Å². The number of alkyl halides is 3. The molecule has 31 heavy (non-hydrogen) atoms. The molecule has 0 bridgehead atoms. The van der Waals surface area contributed by atoms with E-state index in [1.54, 1.807) is 0 Å². The standard InChI is InChI=1S/C18H10F4N6O3/c19-11-3-8(1-2-10(11)16-27-17(31-28-16)18(20,21)22)4-25-12-13(15(30)14(12)29)26-9-5-23-7-24-6-9/h1-3,5-7,25-26H,4H2. The predicted octanol–water partition coefficient (Wildman–Crippen LogP) is 2.64. The van der Waals surface area contributed by atoms with E-state index in [4.69, 9.17) is 0 Å². The van der Waals surface area contributed by atoms with Crippen molar-refractivity contribution in [2.45, 2.75) is 12.7 Å². The van der Waals surface area contributed by atoms with Crippen molar-refractivity contribution >= 4 is 17.1 Å². The maximum absolute atomic E-state index is 14.4. The molecular formula is C18H10F4N6O3. The number of rotatable bonds is 6. The van der Waals surface area contributed by atoms with Crippen molar-refractivity contribution in [2.24, 2.45) is 0 Å². The lowest BCUT2D eigenvalue weighted by atomic mass is 10.1. The van der Waals surface area contributed by atoms with E-state index >= 15 is 0 Å². The van der Waals surface area contributed by atoms with Crippen LogP contribution in [0, 0.1) is 5.82 Å². The Kier molecular flexibility index (Phi) is 4.93. The molecule has 0 aliphatic heterocycles. The smallest absolute Gasteiger partial charge is 0.376 e. The summed E-state index contributed by atoms with van der Waals surface area (Å²) in [6.45, 7) is -0.0396.